The molecule has 1 aromatic carbocycles. The van der Waals surface area contributed by atoms with E-state index in [1.54, 1.807) is 7.11 Å². The topological polar surface area (TPSA) is 56.8 Å². The zero-order valence-electron chi connectivity index (χ0n) is 13.9. The third-order valence-corrected chi connectivity index (χ3v) is 4.83. The maximum atomic E-state index is 12.6. The Morgan fingerprint density at radius 3 is 2.65 bits per heavy atom. The van der Waals surface area contributed by atoms with Gasteiger partial charge in [0.1, 0.15) is 0 Å². The number of hydrogen-bond acceptors (Lipinski definition) is 4. The van der Waals surface area contributed by atoms with Crippen molar-refractivity contribution < 1.29 is 19.0 Å². The number of hydrogen-bond donors (Lipinski definition) is 1. The van der Waals surface area contributed by atoms with Gasteiger partial charge in [0.05, 0.1) is 31.3 Å². The average Bonchev–Trinajstić information content (AvgIpc) is 2.75. The van der Waals surface area contributed by atoms with Crippen LogP contribution in [0.15, 0.2) is 18.2 Å². The van der Waals surface area contributed by atoms with Crippen molar-refractivity contribution >= 4 is 5.91 Å². The van der Waals surface area contributed by atoms with Gasteiger partial charge in [0.25, 0.3) is 0 Å². The van der Waals surface area contributed by atoms with Crippen molar-refractivity contribution in [3.05, 3.63) is 23.8 Å². The molecule has 1 aliphatic carbocycles. The summed E-state index contributed by atoms with van der Waals surface area (Å²) in [5, 5.41) is 3.13. The summed E-state index contributed by atoms with van der Waals surface area (Å²) in [6.45, 7) is 3.83. The minimum absolute atomic E-state index is 0.0750. The van der Waals surface area contributed by atoms with Crippen molar-refractivity contribution in [3.8, 4) is 11.5 Å². The van der Waals surface area contributed by atoms with Crippen molar-refractivity contribution in [2.75, 3.05) is 26.9 Å². The normalized spacial score (nSPS) is 20.1. The number of methoxy groups -OCH3 is 1. The predicted octanol–water partition coefficient (Wildman–Crippen LogP) is 2.84. The zero-order valence-corrected chi connectivity index (χ0v) is 13.9. The lowest BCUT2D eigenvalue weighted by Crippen LogP contribution is -2.49. The van der Waals surface area contributed by atoms with Crippen molar-refractivity contribution in [3.63, 3.8) is 0 Å². The highest BCUT2D eigenvalue weighted by molar-refractivity contribution is 5.84. The van der Waals surface area contributed by atoms with Gasteiger partial charge < -0.3 is 19.5 Å². The van der Waals surface area contributed by atoms with E-state index in [9.17, 15) is 4.79 Å². The number of fused-ring (bicyclic) bond motifs is 1. The fraction of sp³-hybridized carbons (Fsp3) is 0.611. The molecule has 5 heteroatoms. The lowest BCUT2D eigenvalue weighted by atomic mass is 9.68. The molecule has 23 heavy (non-hydrogen) atoms. The summed E-state index contributed by atoms with van der Waals surface area (Å²) in [5.74, 6) is 1.63. The van der Waals surface area contributed by atoms with Crippen LogP contribution in [0.1, 0.15) is 44.2 Å². The summed E-state index contributed by atoms with van der Waals surface area (Å²) < 4.78 is 16.6. The molecule has 1 fully saturated rings. The number of amides is 1. The molecule has 1 saturated carbocycles. The molecule has 0 spiro atoms. The van der Waals surface area contributed by atoms with E-state index in [-0.39, 0.29) is 17.4 Å². The Morgan fingerprint density at radius 2 is 2.00 bits per heavy atom. The van der Waals surface area contributed by atoms with Crippen LogP contribution in [0.3, 0.4) is 0 Å². The zero-order chi connectivity index (χ0) is 16.3. The third kappa shape index (κ3) is 3.29. The van der Waals surface area contributed by atoms with Gasteiger partial charge in [-0.25, -0.2) is 0 Å². The van der Waals surface area contributed by atoms with Crippen molar-refractivity contribution in [2.45, 2.75) is 38.6 Å². The van der Waals surface area contributed by atoms with Crippen LogP contribution in [0.2, 0.25) is 0 Å². The highest BCUT2D eigenvalue weighted by Crippen LogP contribution is 2.42. The average molecular weight is 319 g/mol. The number of carbonyl (C=O) groups is 1. The van der Waals surface area contributed by atoms with Crippen LogP contribution in [0.4, 0.5) is 0 Å². The number of nitrogens with one attached hydrogen (secondary N) is 1. The van der Waals surface area contributed by atoms with Crippen molar-refractivity contribution in [1.29, 1.82) is 0 Å². The number of ether oxygens (including phenoxy) is 3. The minimum atomic E-state index is -0.339. The van der Waals surface area contributed by atoms with Gasteiger partial charge in [-0.2, -0.15) is 0 Å². The molecule has 0 bridgehead atoms. The highest BCUT2D eigenvalue weighted by atomic mass is 16.5. The summed E-state index contributed by atoms with van der Waals surface area (Å²) in [4.78, 5) is 12.6. The lowest BCUT2D eigenvalue weighted by molar-refractivity contribution is -0.141. The van der Waals surface area contributed by atoms with Gasteiger partial charge in [-0.15, -0.1) is 0 Å². The fourth-order valence-electron chi connectivity index (χ4n) is 3.20. The number of carbonyl (C=O) groups excluding carboxylic acids is 1. The predicted molar refractivity (Wildman–Crippen MR) is 86.8 cm³/mol. The van der Waals surface area contributed by atoms with Gasteiger partial charge in [0.15, 0.2) is 11.5 Å². The molecule has 0 unspecified atom stereocenters. The SMILES string of the molecule is COCC1(C(=O)N[C@H](C)c2ccc3c(c2)OCCCO3)CCC1. The fourth-order valence-corrected chi connectivity index (χ4v) is 3.20. The molecule has 1 heterocycles. The van der Waals surface area contributed by atoms with E-state index < -0.39 is 0 Å². The molecule has 1 atom stereocenters. The van der Waals surface area contributed by atoms with Gasteiger partial charge in [-0.3, -0.25) is 4.79 Å². The summed E-state index contributed by atoms with van der Waals surface area (Å²) in [5.41, 5.74) is 0.684. The summed E-state index contributed by atoms with van der Waals surface area (Å²) >= 11 is 0. The maximum absolute atomic E-state index is 12.6. The second kappa shape index (κ2) is 6.79. The van der Waals surface area contributed by atoms with Gasteiger partial charge in [-0.05, 0) is 37.5 Å². The van der Waals surface area contributed by atoms with Crippen LogP contribution in [0, 0.1) is 5.41 Å². The van der Waals surface area contributed by atoms with Crippen LogP contribution in [0.25, 0.3) is 0 Å². The largest absolute Gasteiger partial charge is 0.490 e. The van der Waals surface area contributed by atoms with E-state index in [2.05, 4.69) is 5.32 Å². The van der Waals surface area contributed by atoms with Crippen molar-refractivity contribution in [2.24, 2.45) is 5.41 Å². The van der Waals surface area contributed by atoms with Gasteiger partial charge in [-0.1, -0.05) is 12.5 Å². The quantitative estimate of drug-likeness (QED) is 0.907. The van der Waals surface area contributed by atoms with Crippen LogP contribution in [0.5, 0.6) is 11.5 Å². The Bertz CT molecular complexity index is 568. The van der Waals surface area contributed by atoms with Gasteiger partial charge in [0.2, 0.25) is 5.91 Å². The Morgan fingerprint density at radius 1 is 1.26 bits per heavy atom. The highest BCUT2D eigenvalue weighted by Gasteiger charge is 2.44. The van der Waals surface area contributed by atoms with Gasteiger partial charge in [0, 0.05) is 13.5 Å². The van der Waals surface area contributed by atoms with Crippen LogP contribution in [-0.2, 0) is 9.53 Å². The first-order valence-corrected chi connectivity index (χ1v) is 8.34. The Kier molecular flexibility index (Phi) is 4.76. The second-order valence-corrected chi connectivity index (χ2v) is 6.52. The van der Waals surface area contributed by atoms with Crippen LogP contribution in [-0.4, -0.2) is 32.8 Å². The first-order chi connectivity index (χ1) is 11.1. The molecule has 2 aliphatic rings. The third-order valence-electron chi connectivity index (χ3n) is 4.83. The molecule has 5 nitrogen and oxygen atoms in total. The molecule has 0 saturated heterocycles. The lowest BCUT2D eigenvalue weighted by Gasteiger charge is -2.40. The smallest absolute Gasteiger partial charge is 0.229 e. The van der Waals surface area contributed by atoms with Crippen LogP contribution >= 0.6 is 0 Å². The molecular weight excluding hydrogens is 294 g/mol. The second-order valence-electron chi connectivity index (χ2n) is 6.52. The molecule has 3 rings (SSSR count). The summed E-state index contributed by atoms with van der Waals surface area (Å²) in [6, 6.07) is 5.80. The molecular formula is C18H25NO4. The Hall–Kier alpha value is -1.75. The van der Waals surface area contributed by atoms with Gasteiger partial charge >= 0.3 is 0 Å². The summed E-state index contributed by atoms with van der Waals surface area (Å²) in [7, 11) is 1.65. The maximum Gasteiger partial charge on any atom is 0.229 e. The van der Waals surface area contributed by atoms with E-state index in [4.69, 9.17) is 14.2 Å². The van der Waals surface area contributed by atoms with E-state index in [0.717, 1.165) is 42.7 Å². The minimum Gasteiger partial charge on any atom is -0.490 e. The molecule has 1 amide bonds. The van der Waals surface area contributed by atoms with E-state index in [1.807, 2.05) is 25.1 Å². The van der Waals surface area contributed by atoms with E-state index in [0.29, 0.717) is 19.8 Å². The first-order valence-electron chi connectivity index (χ1n) is 8.34. The molecule has 1 aromatic rings. The van der Waals surface area contributed by atoms with E-state index >= 15 is 0 Å². The standard InChI is InChI=1S/C18H25NO4/c1-13(19-17(20)18(12-21-2)7-3-8-18)14-5-6-15-16(11-14)23-10-4-9-22-15/h5-6,11,13H,3-4,7-10,12H2,1-2H3,(H,19,20)/t13-/m1/s1. The molecule has 1 N–H and O–H groups in total. The Labute approximate surface area is 137 Å². The van der Waals surface area contributed by atoms with E-state index in [1.165, 1.54) is 0 Å². The number of benzene rings is 1. The molecule has 0 radical (unpaired) electrons. The Balaban J connectivity index is 1.69. The number of rotatable bonds is 5. The monoisotopic (exact) mass is 319 g/mol. The molecule has 0 aromatic heterocycles. The van der Waals surface area contributed by atoms with Crippen LogP contribution < -0.4 is 14.8 Å². The summed E-state index contributed by atoms with van der Waals surface area (Å²) in [6.07, 6.45) is 3.78. The molecule has 1 aliphatic heterocycles. The molecule has 126 valence electrons. The van der Waals surface area contributed by atoms with Crippen molar-refractivity contribution in [1.82, 2.24) is 5.32 Å². The first kappa shape index (κ1) is 16.1.